The number of aromatic nitrogens is 3. The number of aryl methyl sites for hydroxylation is 1. The lowest BCUT2D eigenvalue weighted by atomic mass is 10.2. The first-order chi connectivity index (χ1) is 11.2. The Morgan fingerprint density at radius 3 is 2.74 bits per heavy atom. The zero-order chi connectivity index (χ0) is 16.1. The largest absolute Gasteiger partial charge is 0.409 e. The summed E-state index contributed by atoms with van der Waals surface area (Å²) < 4.78 is 10.5. The normalized spacial score (nSPS) is 15.6. The van der Waals surface area contributed by atoms with Gasteiger partial charge in [-0.25, -0.2) is 0 Å². The topological polar surface area (TPSA) is 85.3 Å². The molecule has 7 nitrogen and oxygen atoms in total. The fourth-order valence-corrected chi connectivity index (χ4v) is 3.23. The number of hydrogen-bond donors (Lipinski definition) is 0. The van der Waals surface area contributed by atoms with Crippen LogP contribution in [-0.2, 0) is 4.79 Å². The fourth-order valence-electron chi connectivity index (χ4n) is 2.54. The van der Waals surface area contributed by atoms with Crippen molar-refractivity contribution in [2.75, 3.05) is 18.8 Å². The monoisotopic (exact) mass is 336 g/mol. The molecule has 0 saturated carbocycles. The Hall–Kier alpha value is -1.83. The molecular formula is C15H20N4O3S. The minimum atomic E-state index is 0.214. The number of nitrogens with zero attached hydrogens (tertiary/aromatic N) is 4. The van der Waals surface area contributed by atoms with Crippen LogP contribution in [0.4, 0.5) is 0 Å². The van der Waals surface area contributed by atoms with Crippen molar-refractivity contribution in [1.82, 2.24) is 20.3 Å². The molecule has 0 aliphatic carbocycles. The summed E-state index contributed by atoms with van der Waals surface area (Å²) in [6.07, 6.45) is 5.17. The van der Waals surface area contributed by atoms with E-state index < -0.39 is 0 Å². The summed E-state index contributed by atoms with van der Waals surface area (Å²) >= 11 is 1.39. The van der Waals surface area contributed by atoms with Gasteiger partial charge < -0.3 is 13.8 Å². The summed E-state index contributed by atoms with van der Waals surface area (Å²) in [5, 5.41) is 12.2. The van der Waals surface area contributed by atoms with Crippen LogP contribution < -0.4 is 0 Å². The molecule has 0 bridgehead atoms. The Bertz CT molecular complexity index is 647. The lowest BCUT2D eigenvalue weighted by Gasteiger charge is -2.19. The van der Waals surface area contributed by atoms with Crippen LogP contribution >= 0.6 is 11.8 Å². The highest BCUT2D eigenvalue weighted by atomic mass is 32.2. The Kier molecular flexibility index (Phi) is 5.32. The van der Waals surface area contributed by atoms with Crippen molar-refractivity contribution in [1.29, 1.82) is 0 Å². The van der Waals surface area contributed by atoms with E-state index in [2.05, 4.69) is 15.4 Å². The van der Waals surface area contributed by atoms with Crippen LogP contribution in [0.1, 0.15) is 37.9 Å². The van der Waals surface area contributed by atoms with E-state index in [4.69, 9.17) is 8.94 Å². The van der Waals surface area contributed by atoms with E-state index in [0.29, 0.717) is 34.7 Å². The molecule has 124 valence electrons. The van der Waals surface area contributed by atoms with Crippen molar-refractivity contribution < 1.29 is 13.7 Å². The van der Waals surface area contributed by atoms with Crippen LogP contribution in [-0.4, -0.2) is 45.0 Å². The highest BCUT2D eigenvalue weighted by molar-refractivity contribution is 7.99. The van der Waals surface area contributed by atoms with Crippen molar-refractivity contribution in [2.24, 2.45) is 0 Å². The van der Waals surface area contributed by atoms with Gasteiger partial charge >= 0.3 is 0 Å². The molecule has 1 fully saturated rings. The Morgan fingerprint density at radius 2 is 2.04 bits per heavy atom. The van der Waals surface area contributed by atoms with Gasteiger partial charge in [-0.3, -0.25) is 4.79 Å². The number of carbonyl (C=O) groups is 1. The summed E-state index contributed by atoms with van der Waals surface area (Å²) in [7, 11) is 0. The summed E-state index contributed by atoms with van der Waals surface area (Å²) in [6, 6.07) is 1.74. The van der Waals surface area contributed by atoms with Crippen LogP contribution in [0.5, 0.6) is 0 Å². The Labute approximate surface area is 138 Å². The average Bonchev–Trinajstić information content (AvgIpc) is 3.08. The fraction of sp³-hybridized carbons (Fsp3) is 0.600. The van der Waals surface area contributed by atoms with E-state index >= 15 is 0 Å². The van der Waals surface area contributed by atoms with Gasteiger partial charge in [0.05, 0.1) is 0 Å². The van der Waals surface area contributed by atoms with Gasteiger partial charge in [0.1, 0.15) is 5.76 Å². The van der Waals surface area contributed by atoms with Crippen molar-refractivity contribution >= 4 is 17.7 Å². The number of carbonyl (C=O) groups excluding carboxylic acids is 1. The van der Waals surface area contributed by atoms with E-state index in [-0.39, 0.29) is 5.91 Å². The zero-order valence-corrected chi connectivity index (χ0v) is 14.0. The van der Waals surface area contributed by atoms with Gasteiger partial charge in [-0.05, 0) is 19.8 Å². The van der Waals surface area contributed by atoms with Crippen molar-refractivity contribution in [3.05, 3.63) is 11.8 Å². The molecule has 0 unspecified atom stereocenters. The Balaban J connectivity index is 1.47. The van der Waals surface area contributed by atoms with Crippen molar-refractivity contribution in [3.63, 3.8) is 0 Å². The Morgan fingerprint density at radius 1 is 1.26 bits per heavy atom. The predicted molar refractivity (Wildman–Crippen MR) is 84.9 cm³/mol. The number of likely N-dealkylation sites (tertiary alicyclic amines) is 1. The predicted octanol–water partition coefficient (Wildman–Crippen LogP) is 2.92. The third-order valence-electron chi connectivity index (χ3n) is 3.75. The SMILES string of the molecule is Cc1cc(-c2nnc(SCCC(=O)N3CCCCCC3)o2)no1. The van der Waals surface area contributed by atoms with Crippen molar-refractivity contribution in [3.8, 4) is 11.6 Å². The highest BCUT2D eigenvalue weighted by Crippen LogP contribution is 2.23. The maximum absolute atomic E-state index is 12.2. The van der Waals surface area contributed by atoms with Gasteiger partial charge in [0.15, 0.2) is 5.69 Å². The van der Waals surface area contributed by atoms with E-state index in [1.54, 1.807) is 13.0 Å². The van der Waals surface area contributed by atoms with Crippen LogP contribution in [0.15, 0.2) is 20.2 Å². The second kappa shape index (κ2) is 7.63. The minimum Gasteiger partial charge on any atom is -0.409 e. The smallest absolute Gasteiger partial charge is 0.276 e. The number of rotatable bonds is 5. The second-order valence-corrected chi connectivity index (χ2v) is 6.64. The molecule has 1 aliphatic rings. The summed E-state index contributed by atoms with van der Waals surface area (Å²) in [4.78, 5) is 14.2. The summed E-state index contributed by atoms with van der Waals surface area (Å²) in [5.74, 6) is 1.87. The molecule has 3 rings (SSSR count). The molecule has 1 saturated heterocycles. The van der Waals surface area contributed by atoms with Gasteiger partial charge in [-0.15, -0.1) is 10.2 Å². The number of thioether (sulfide) groups is 1. The lowest BCUT2D eigenvalue weighted by Crippen LogP contribution is -2.31. The maximum Gasteiger partial charge on any atom is 0.276 e. The molecule has 0 spiro atoms. The zero-order valence-electron chi connectivity index (χ0n) is 13.2. The molecule has 23 heavy (non-hydrogen) atoms. The van der Waals surface area contributed by atoms with E-state index in [1.165, 1.54) is 24.6 Å². The van der Waals surface area contributed by atoms with Gasteiger partial charge in [-0.2, -0.15) is 0 Å². The van der Waals surface area contributed by atoms with Crippen LogP contribution in [0, 0.1) is 6.92 Å². The molecule has 3 heterocycles. The molecule has 2 aromatic heterocycles. The standard InChI is InChI=1S/C15H20N4O3S/c1-11-10-12(18-22-11)14-16-17-15(21-14)23-9-6-13(20)19-7-4-2-3-5-8-19/h10H,2-9H2,1H3. The molecular weight excluding hydrogens is 316 g/mol. The maximum atomic E-state index is 12.2. The van der Waals surface area contributed by atoms with E-state index in [9.17, 15) is 4.79 Å². The second-order valence-electron chi connectivity index (χ2n) is 5.59. The molecule has 1 aliphatic heterocycles. The van der Waals surface area contributed by atoms with Gasteiger partial charge in [0.25, 0.3) is 11.1 Å². The first-order valence-corrected chi connectivity index (χ1v) is 8.89. The van der Waals surface area contributed by atoms with Crippen LogP contribution in [0.2, 0.25) is 0 Å². The molecule has 0 N–H and O–H groups in total. The van der Waals surface area contributed by atoms with Gasteiger partial charge in [0, 0.05) is 31.3 Å². The van der Waals surface area contributed by atoms with Crippen molar-refractivity contribution in [2.45, 2.75) is 44.3 Å². The average molecular weight is 336 g/mol. The number of amides is 1. The third kappa shape index (κ3) is 4.34. The summed E-state index contributed by atoms with van der Waals surface area (Å²) in [6.45, 7) is 3.58. The molecule has 1 amide bonds. The molecule has 0 aromatic carbocycles. The molecule has 0 radical (unpaired) electrons. The third-order valence-corrected chi connectivity index (χ3v) is 4.57. The number of hydrogen-bond acceptors (Lipinski definition) is 7. The minimum absolute atomic E-state index is 0.214. The molecule has 8 heteroatoms. The lowest BCUT2D eigenvalue weighted by molar-refractivity contribution is -0.130. The summed E-state index contributed by atoms with van der Waals surface area (Å²) in [5.41, 5.74) is 0.530. The van der Waals surface area contributed by atoms with E-state index in [0.717, 1.165) is 25.9 Å². The van der Waals surface area contributed by atoms with E-state index in [1.807, 2.05) is 4.90 Å². The first-order valence-electron chi connectivity index (χ1n) is 7.90. The highest BCUT2D eigenvalue weighted by Gasteiger charge is 2.17. The van der Waals surface area contributed by atoms with Gasteiger partial charge in [-0.1, -0.05) is 29.8 Å². The molecule has 0 atom stereocenters. The van der Waals surface area contributed by atoms with Gasteiger partial charge in [0.2, 0.25) is 5.91 Å². The van der Waals surface area contributed by atoms with Crippen LogP contribution in [0.25, 0.3) is 11.6 Å². The quantitative estimate of drug-likeness (QED) is 0.776. The van der Waals surface area contributed by atoms with Crippen LogP contribution in [0.3, 0.4) is 0 Å². The first kappa shape index (κ1) is 16.0. The molecule has 2 aromatic rings.